The molecule has 2 heterocycles. The molecule has 5 heteroatoms. The molecular formula is C16H11F2NO2. The summed E-state index contributed by atoms with van der Waals surface area (Å²) in [5, 5.41) is 0. The molecule has 2 aliphatic heterocycles. The van der Waals surface area contributed by atoms with Gasteiger partial charge in [-0.3, -0.25) is 4.79 Å². The first kappa shape index (κ1) is 12.5. The number of epoxide rings is 1. The second kappa shape index (κ2) is 3.89. The van der Waals surface area contributed by atoms with Crippen LogP contribution in [-0.4, -0.2) is 13.0 Å². The van der Waals surface area contributed by atoms with Crippen molar-refractivity contribution in [3.05, 3.63) is 65.2 Å². The van der Waals surface area contributed by atoms with Crippen LogP contribution in [0.5, 0.6) is 0 Å². The van der Waals surface area contributed by atoms with Crippen molar-refractivity contribution in [1.82, 2.24) is 0 Å². The van der Waals surface area contributed by atoms with Crippen molar-refractivity contribution < 1.29 is 18.3 Å². The number of amides is 1. The zero-order chi connectivity index (χ0) is 14.8. The van der Waals surface area contributed by atoms with E-state index in [0.29, 0.717) is 5.56 Å². The Kier molecular flexibility index (Phi) is 2.31. The van der Waals surface area contributed by atoms with E-state index in [-0.39, 0.29) is 11.5 Å². The van der Waals surface area contributed by atoms with Gasteiger partial charge in [0.1, 0.15) is 17.7 Å². The predicted molar refractivity (Wildman–Crippen MR) is 71.7 cm³/mol. The third-order valence-corrected chi connectivity index (χ3v) is 4.14. The van der Waals surface area contributed by atoms with Crippen LogP contribution in [0.4, 0.5) is 14.5 Å². The first-order valence-corrected chi connectivity index (χ1v) is 6.56. The van der Waals surface area contributed by atoms with Crippen molar-refractivity contribution in [2.75, 3.05) is 11.9 Å². The Morgan fingerprint density at radius 2 is 1.95 bits per heavy atom. The summed E-state index contributed by atoms with van der Waals surface area (Å²) in [5.41, 5.74) is 0.307. The summed E-state index contributed by atoms with van der Waals surface area (Å²) in [4.78, 5) is 14.0. The van der Waals surface area contributed by atoms with Crippen LogP contribution >= 0.6 is 0 Å². The number of para-hydroxylation sites is 1. The van der Waals surface area contributed by atoms with Crippen molar-refractivity contribution in [1.29, 1.82) is 0 Å². The molecule has 1 amide bonds. The molecular weight excluding hydrogens is 276 g/mol. The lowest BCUT2D eigenvalue weighted by molar-refractivity contribution is -0.122. The summed E-state index contributed by atoms with van der Waals surface area (Å²) >= 11 is 0. The molecule has 1 fully saturated rings. The molecule has 2 aromatic carbocycles. The van der Waals surface area contributed by atoms with Crippen LogP contribution in [0.3, 0.4) is 0 Å². The standard InChI is InChI=1S/C16H11F2NO2/c1-19-13-5-3-2-4-11(13)16(15(19)20)14(21-16)10-8-9(17)6-7-12(10)18/h2-8,14H,1H3. The van der Waals surface area contributed by atoms with Crippen molar-refractivity contribution in [2.24, 2.45) is 0 Å². The third kappa shape index (κ3) is 1.46. The Balaban J connectivity index is 1.85. The van der Waals surface area contributed by atoms with Crippen LogP contribution < -0.4 is 4.90 Å². The highest BCUT2D eigenvalue weighted by atomic mass is 19.1. The topological polar surface area (TPSA) is 32.8 Å². The molecule has 2 aromatic rings. The Labute approximate surface area is 119 Å². The average Bonchev–Trinajstić information content (AvgIpc) is 3.20. The van der Waals surface area contributed by atoms with E-state index in [0.717, 1.165) is 23.9 Å². The molecule has 2 aliphatic rings. The monoisotopic (exact) mass is 287 g/mol. The molecule has 0 aliphatic carbocycles. The molecule has 1 spiro atoms. The van der Waals surface area contributed by atoms with Crippen molar-refractivity contribution in [3.63, 3.8) is 0 Å². The fraction of sp³-hybridized carbons (Fsp3) is 0.188. The summed E-state index contributed by atoms with van der Waals surface area (Å²) in [5.74, 6) is -1.38. The van der Waals surface area contributed by atoms with E-state index >= 15 is 0 Å². The average molecular weight is 287 g/mol. The quantitative estimate of drug-likeness (QED) is 0.756. The number of anilines is 1. The van der Waals surface area contributed by atoms with Gasteiger partial charge >= 0.3 is 0 Å². The third-order valence-electron chi connectivity index (χ3n) is 4.14. The van der Waals surface area contributed by atoms with Crippen LogP contribution in [0, 0.1) is 11.6 Å². The number of rotatable bonds is 1. The number of carbonyl (C=O) groups excluding carboxylic acids is 1. The Morgan fingerprint density at radius 1 is 1.19 bits per heavy atom. The highest BCUT2D eigenvalue weighted by Crippen LogP contribution is 2.63. The summed E-state index contributed by atoms with van der Waals surface area (Å²) in [6, 6.07) is 10.4. The number of nitrogens with zero attached hydrogens (tertiary/aromatic N) is 1. The zero-order valence-corrected chi connectivity index (χ0v) is 11.1. The Bertz CT molecular complexity index is 777. The summed E-state index contributed by atoms with van der Waals surface area (Å²) in [7, 11) is 1.65. The highest BCUT2D eigenvalue weighted by Gasteiger charge is 2.70. The van der Waals surface area contributed by atoms with Crippen molar-refractivity contribution in [3.8, 4) is 0 Å². The Hall–Kier alpha value is -2.27. The predicted octanol–water partition coefficient (Wildman–Crippen LogP) is 2.91. The molecule has 2 unspecified atom stereocenters. The number of halogens is 2. The van der Waals surface area contributed by atoms with Gasteiger partial charge in [0.2, 0.25) is 5.60 Å². The van der Waals surface area contributed by atoms with Crippen LogP contribution in [0.15, 0.2) is 42.5 Å². The van der Waals surface area contributed by atoms with Gasteiger partial charge in [0.05, 0.1) is 5.69 Å². The van der Waals surface area contributed by atoms with E-state index in [4.69, 9.17) is 4.74 Å². The van der Waals surface area contributed by atoms with Crippen molar-refractivity contribution in [2.45, 2.75) is 11.7 Å². The van der Waals surface area contributed by atoms with Crippen molar-refractivity contribution >= 4 is 11.6 Å². The maximum atomic E-state index is 13.9. The number of ether oxygens (including phenoxy) is 1. The van der Waals surface area contributed by atoms with Gasteiger partial charge in [-0.2, -0.15) is 0 Å². The van der Waals surface area contributed by atoms with Crippen LogP contribution in [0.25, 0.3) is 0 Å². The molecule has 4 rings (SSSR count). The minimum absolute atomic E-state index is 0.0773. The molecule has 1 saturated heterocycles. The van der Waals surface area contributed by atoms with E-state index in [1.807, 2.05) is 12.1 Å². The Morgan fingerprint density at radius 3 is 2.76 bits per heavy atom. The number of hydrogen-bond donors (Lipinski definition) is 0. The van der Waals surface area contributed by atoms with Gasteiger partial charge in [0.25, 0.3) is 5.91 Å². The van der Waals surface area contributed by atoms with Crippen LogP contribution in [0.1, 0.15) is 17.2 Å². The minimum Gasteiger partial charge on any atom is -0.345 e. The molecule has 0 aromatic heterocycles. The van der Waals surface area contributed by atoms with Crippen LogP contribution in [0.2, 0.25) is 0 Å². The first-order chi connectivity index (χ1) is 10.1. The van der Waals surface area contributed by atoms with Gasteiger partial charge < -0.3 is 9.64 Å². The summed E-state index contributed by atoms with van der Waals surface area (Å²) in [6.45, 7) is 0. The maximum absolute atomic E-state index is 13.9. The molecule has 0 radical (unpaired) electrons. The normalized spacial score (nSPS) is 26.3. The lowest BCUT2D eigenvalue weighted by Gasteiger charge is -2.08. The largest absolute Gasteiger partial charge is 0.345 e. The van der Waals surface area contributed by atoms with Gasteiger partial charge in [0, 0.05) is 18.2 Å². The fourth-order valence-corrected chi connectivity index (χ4v) is 3.07. The fourth-order valence-electron chi connectivity index (χ4n) is 3.07. The van der Waals surface area contributed by atoms with Crippen LogP contribution in [-0.2, 0) is 15.1 Å². The molecule has 0 bridgehead atoms. The zero-order valence-electron chi connectivity index (χ0n) is 11.1. The minimum atomic E-state index is -1.21. The van der Waals surface area contributed by atoms with Gasteiger partial charge in [0.15, 0.2) is 0 Å². The van der Waals surface area contributed by atoms with E-state index in [9.17, 15) is 13.6 Å². The second-order valence-electron chi connectivity index (χ2n) is 5.28. The van der Waals surface area contributed by atoms with E-state index < -0.39 is 23.3 Å². The molecule has 2 atom stereocenters. The number of fused-ring (bicyclic) bond motifs is 2. The first-order valence-electron chi connectivity index (χ1n) is 6.56. The number of hydrogen-bond acceptors (Lipinski definition) is 2. The molecule has 0 N–H and O–H groups in total. The van der Waals surface area contributed by atoms with E-state index in [2.05, 4.69) is 0 Å². The lowest BCUT2D eigenvalue weighted by atomic mass is 9.93. The number of likely N-dealkylation sites (N-methyl/N-ethyl adjacent to an activating group) is 1. The maximum Gasteiger partial charge on any atom is 0.266 e. The smallest absolute Gasteiger partial charge is 0.266 e. The van der Waals surface area contributed by atoms with Gasteiger partial charge in [-0.25, -0.2) is 8.78 Å². The summed E-state index contributed by atoms with van der Waals surface area (Å²) < 4.78 is 32.9. The lowest BCUT2D eigenvalue weighted by Crippen LogP contribution is -2.29. The second-order valence-corrected chi connectivity index (χ2v) is 5.28. The highest BCUT2D eigenvalue weighted by molar-refractivity contribution is 6.09. The molecule has 106 valence electrons. The summed E-state index contributed by atoms with van der Waals surface area (Å²) in [6.07, 6.45) is -0.785. The molecule has 0 saturated carbocycles. The van der Waals surface area contributed by atoms with E-state index in [1.54, 1.807) is 19.2 Å². The number of carbonyl (C=O) groups is 1. The molecule has 3 nitrogen and oxygen atoms in total. The van der Waals surface area contributed by atoms with Gasteiger partial charge in [-0.05, 0) is 24.3 Å². The van der Waals surface area contributed by atoms with Gasteiger partial charge in [-0.1, -0.05) is 18.2 Å². The SMILES string of the molecule is CN1C(=O)C2(OC2c2cc(F)ccc2F)c2ccccc21. The van der Waals surface area contributed by atoms with Gasteiger partial charge in [-0.15, -0.1) is 0 Å². The molecule has 21 heavy (non-hydrogen) atoms. The van der Waals surface area contributed by atoms with E-state index in [1.165, 1.54) is 4.90 Å². The number of benzene rings is 2.